The van der Waals surface area contributed by atoms with Crippen LogP contribution in [0.4, 0.5) is 0 Å². The van der Waals surface area contributed by atoms with Gasteiger partial charge in [0.15, 0.2) is 0 Å². The predicted octanol–water partition coefficient (Wildman–Crippen LogP) is 2.83. The lowest BCUT2D eigenvalue weighted by atomic mass is 10.0. The van der Waals surface area contributed by atoms with Gasteiger partial charge in [-0.05, 0) is 25.8 Å². The van der Waals surface area contributed by atoms with E-state index >= 15 is 0 Å². The lowest BCUT2D eigenvalue weighted by Gasteiger charge is -2.09. The number of rotatable bonds is 3. The summed E-state index contributed by atoms with van der Waals surface area (Å²) in [6.45, 7) is 3.85. The van der Waals surface area contributed by atoms with Crippen molar-refractivity contribution in [3.05, 3.63) is 35.4 Å². The van der Waals surface area contributed by atoms with Crippen molar-refractivity contribution in [2.45, 2.75) is 32.8 Å². The Hall–Kier alpha value is -1.26. The number of hydrogen-bond acceptors (Lipinski definition) is 1. The van der Waals surface area contributed by atoms with E-state index in [-0.39, 0.29) is 6.10 Å². The fraction of sp³-hybridized carbons (Fsp3) is 0.385. The molecule has 0 heterocycles. The highest BCUT2D eigenvalue weighted by atomic mass is 16.3. The summed E-state index contributed by atoms with van der Waals surface area (Å²) < 4.78 is 0. The fourth-order valence-corrected chi connectivity index (χ4v) is 1.38. The minimum Gasteiger partial charge on any atom is -0.388 e. The second-order valence-electron chi connectivity index (χ2n) is 3.40. The van der Waals surface area contributed by atoms with Crippen molar-refractivity contribution in [2.24, 2.45) is 0 Å². The molecule has 0 aliphatic heterocycles. The standard InChI is InChI=1S/C13H16O/c1-3-4-5-9-13(14)12-8-6-7-11(2)10-12/h6-8,10,13-14H,5,9H2,1-2H3. The molecular weight excluding hydrogens is 172 g/mol. The second kappa shape index (κ2) is 5.47. The molecule has 0 spiro atoms. The first kappa shape index (κ1) is 10.8. The Morgan fingerprint density at radius 2 is 2.21 bits per heavy atom. The van der Waals surface area contributed by atoms with E-state index in [0.717, 1.165) is 12.0 Å². The van der Waals surface area contributed by atoms with Gasteiger partial charge < -0.3 is 5.11 Å². The molecule has 14 heavy (non-hydrogen) atoms. The topological polar surface area (TPSA) is 20.2 Å². The highest BCUT2D eigenvalue weighted by Gasteiger charge is 2.05. The maximum atomic E-state index is 9.80. The first-order valence-electron chi connectivity index (χ1n) is 4.88. The highest BCUT2D eigenvalue weighted by molar-refractivity contribution is 5.24. The summed E-state index contributed by atoms with van der Waals surface area (Å²) >= 11 is 0. The maximum absolute atomic E-state index is 9.80. The van der Waals surface area contributed by atoms with Crippen LogP contribution in [0.15, 0.2) is 24.3 Å². The van der Waals surface area contributed by atoms with Crippen LogP contribution in [-0.2, 0) is 0 Å². The summed E-state index contributed by atoms with van der Waals surface area (Å²) in [7, 11) is 0. The van der Waals surface area contributed by atoms with Gasteiger partial charge in [-0.3, -0.25) is 0 Å². The lowest BCUT2D eigenvalue weighted by molar-refractivity contribution is 0.169. The van der Waals surface area contributed by atoms with Gasteiger partial charge in [0.2, 0.25) is 0 Å². The van der Waals surface area contributed by atoms with E-state index in [9.17, 15) is 5.11 Å². The first-order chi connectivity index (χ1) is 6.74. The van der Waals surface area contributed by atoms with Gasteiger partial charge in [-0.25, -0.2) is 0 Å². The van der Waals surface area contributed by atoms with Crippen LogP contribution in [0.3, 0.4) is 0 Å². The Labute approximate surface area is 85.8 Å². The largest absolute Gasteiger partial charge is 0.388 e. The minimum atomic E-state index is -0.379. The molecule has 0 saturated carbocycles. The third-order valence-electron chi connectivity index (χ3n) is 2.15. The Morgan fingerprint density at radius 3 is 2.86 bits per heavy atom. The quantitative estimate of drug-likeness (QED) is 0.723. The summed E-state index contributed by atoms with van der Waals surface area (Å²) in [5, 5.41) is 9.80. The smallest absolute Gasteiger partial charge is 0.0799 e. The van der Waals surface area contributed by atoms with Crippen LogP contribution in [0.1, 0.15) is 37.0 Å². The zero-order valence-corrected chi connectivity index (χ0v) is 8.75. The van der Waals surface area contributed by atoms with Gasteiger partial charge in [-0.1, -0.05) is 29.8 Å². The van der Waals surface area contributed by atoms with Crippen molar-refractivity contribution < 1.29 is 5.11 Å². The van der Waals surface area contributed by atoms with E-state index in [1.165, 1.54) is 5.56 Å². The van der Waals surface area contributed by atoms with E-state index in [1.807, 2.05) is 38.1 Å². The molecule has 0 radical (unpaired) electrons. The number of benzene rings is 1. The van der Waals surface area contributed by atoms with Gasteiger partial charge >= 0.3 is 0 Å². The number of aliphatic hydroxyl groups is 1. The van der Waals surface area contributed by atoms with Crippen molar-refractivity contribution in [3.8, 4) is 11.8 Å². The zero-order chi connectivity index (χ0) is 10.4. The van der Waals surface area contributed by atoms with Gasteiger partial charge in [-0.15, -0.1) is 11.8 Å². The Bertz CT molecular complexity index is 344. The van der Waals surface area contributed by atoms with Crippen molar-refractivity contribution in [2.75, 3.05) is 0 Å². The number of aryl methyl sites for hydroxylation is 1. The summed E-state index contributed by atoms with van der Waals surface area (Å²) in [5.74, 6) is 5.78. The van der Waals surface area contributed by atoms with Crippen LogP contribution in [0.25, 0.3) is 0 Å². The van der Waals surface area contributed by atoms with E-state index in [2.05, 4.69) is 11.8 Å². The van der Waals surface area contributed by atoms with E-state index < -0.39 is 0 Å². The molecule has 1 rings (SSSR count). The van der Waals surface area contributed by atoms with Gasteiger partial charge in [0, 0.05) is 6.42 Å². The lowest BCUT2D eigenvalue weighted by Crippen LogP contribution is -1.96. The molecule has 1 aromatic rings. The molecule has 1 unspecified atom stereocenters. The molecule has 0 aliphatic carbocycles. The molecule has 74 valence electrons. The molecule has 1 nitrogen and oxygen atoms in total. The van der Waals surface area contributed by atoms with E-state index in [4.69, 9.17) is 0 Å². The Morgan fingerprint density at radius 1 is 1.43 bits per heavy atom. The molecule has 0 saturated heterocycles. The van der Waals surface area contributed by atoms with Gasteiger partial charge in [0.25, 0.3) is 0 Å². The van der Waals surface area contributed by atoms with Gasteiger partial charge in [-0.2, -0.15) is 0 Å². The molecule has 0 amide bonds. The third-order valence-corrected chi connectivity index (χ3v) is 2.15. The SMILES string of the molecule is CC#CCCC(O)c1cccc(C)c1. The molecular formula is C13H16O. The molecule has 1 atom stereocenters. The van der Waals surface area contributed by atoms with Crippen molar-refractivity contribution in [1.82, 2.24) is 0 Å². The van der Waals surface area contributed by atoms with Crippen LogP contribution in [0.2, 0.25) is 0 Å². The predicted molar refractivity (Wildman–Crippen MR) is 58.8 cm³/mol. The highest BCUT2D eigenvalue weighted by Crippen LogP contribution is 2.18. The van der Waals surface area contributed by atoms with Crippen LogP contribution in [-0.4, -0.2) is 5.11 Å². The summed E-state index contributed by atoms with van der Waals surface area (Å²) in [6.07, 6.45) is 1.09. The summed E-state index contributed by atoms with van der Waals surface area (Å²) in [4.78, 5) is 0. The Balaban J connectivity index is 2.58. The van der Waals surface area contributed by atoms with E-state index in [0.29, 0.717) is 6.42 Å². The van der Waals surface area contributed by atoms with Crippen LogP contribution in [0.5, 0.6) is 0 Å². The van der Waals surface area contributed by atoms with E-state index in [1.54, 1.807) is 0 Å². The molecule has 1 aromatic carbocycles. The average Bonchev–Trinajstić information content (AvgIpc) is 2.18. The molecule has 0 bridgehead atoms. The van der Waals surface area contributed by atoms with Crippen LogP contribution >= 0.6 is 0 Å². The molecule has 0 aromatic heterocycles. The number of hydrogen-bond donors (Lipinski definition) is 1. The first-order valence-corrected chi connectivity index (χ1v) is 4.88. The average molecular weight is 188 g/mol. The zero-order valence-electron chi connectivity index (χ0n) is 8.75. The monoisotopic (exact) mass is 188 g/mol. The van der Waals surface area contributed by atoms with Crippen LogP contribution in [0, 0.1) is 18.8 Å². The van der Waals surface area contributed by atoms with Crippen molar-refractivity contribution in [1.29, 1.82) is 0 Å². The molecule has 0 fully saturated rings. The van der Waals surface area contributed by atoms with Crippen molar-refractivity contribution >= 4 is 0 Å². The third kappa shape index (κ3) is 3.24. The molecule has 1 heteroatoms. The van der Waals surface area contributed by atoms with Crippen molar-refractivity contribution in [3.63, 3.8) is 0 Å². The van der Waals surface area contributed by atoms with Gasteiger partial charge in [0.05, 0.1) is 6.10 Å². The minimum absolute atomic E-state index is 0.379. The molecule has 0 aliphatic rings. The maximum Gasteiger partial charge on any atom is 0.0799 e. The summed E-state index contributed by atoms with van der Waals surface area (Å²) in [5.41, 5.74) is 2.17. The van der Waals surface area contributed by atoms with Crippen LogP contribution < -0.4 is 0 Å². The molecule has 1 N–H and O–H groups in total. The number of aliphatic hydroxyl groups excluding tert-OH is 1. The fourth-order valence-electron chi connectivity index (χ4n) is 1.38. The Kier molecular flexibility index (Phi) is 4.22. The normalized spacial score (nSPS) is 11.6. The second-order valence-corrected chi connectivity index (χ2v) is 3.40. The summed E-state index contributed by atoms with van der Waals surface area (Å²) in [6, 6.07) is 7.97. The van der Waals surface area contributed by atoms with Gasteiger partial charge in [0.1, 0.15) is 0 Å².